The lowest BCUT2D eigenvalue weighted by Crippen LogP contribution is -2.56. The number of aromatic nitrogens is 4. The van der Waals surface area contributed by atoms with E-state index < -0.39 is 0 Å². The molecule has 0 atom stereocenters. The summed E-state index contributed by atoms with van der Waals surface area (Å²) in [5.74, 6) is 0.466. The molecular weight excluding hydrogens is 246 g/mol. The van der Waals surface area contributed by atoms with Crippen LogP contribution in [0.3, 0.4) is 0 Å². The molecule has 98 valence electrons. The molecule has 0 aliphatic carbocycles. The molecule has 0 spiro atoms. The zero-order valence-electron chi connectivity index (χ0n) is 10.4. The van der Waals surface area contributed by atoms with Gasteiger partial charge in [-0.2, -0.15) is 0 Å². The van der Waals surface area contributed by atoms with Crippen molar-refractivity contribution in [2.45, 2.75) is 6.10 Å². The smallest absolute Gasteiger partial charge is 0.276 e. The van der Waals surface area contributed by atoms with Gasteiger partial charge in [-0.25, -0.2) is 4.98 Å². The van der Waals surface area contributed by atoms with Gasteiger partial charge in [0.05, 0.1) is 19.3 Å². The van der Waals surface area contributed by atoms with Crippen molar-refractivity contribution in [3.05, 3.63) is 36.3 Å². The Morgan fingerprint density at radius 3 is 2.89 bits per heavy atom. The summed E-state index contributed by atoms with van der Waals surface area (Å²) in [4.78, 5) is 17.7. The minimum absolute atomic E-state index is 0.00415. The van der Waals surface area contributed by atoms with E-state index in [2.05, 4.69) is 15.3 Å². The van der Waals surface area contributed by atoms with Crippen molar-refractivity contribution < 1.29 is 9.53 Å². The summed E-state index contributed by atoms with van der Waals surface area (Å²) in [5.41, 5.74) is 0.360. The number of aryl methyl sites for hydroxylation is 1. The van der Waals surface area contributed by atoms with Crippen LogP contribution in [0.5, 0.6) is 5.88 Å². The van der Waals surface area contributed by atoms with Gasteiger partial charge < -0.3 is 9.64 Å². The molecule has 3 heterocycles. The van der Waals surface area contributed by atoms with E-state index in [1.807, 2.05) is 12.1 Å². The number of hydrogen-bond donors (Lipinski definition) is 0. The molecule has 1 saturated heterocycles. The highest BCUT2D eigenvalue weighted by Gasteiger charge is 2.34. The van der Waals surface area contributed by atoms with E-state index in [0.717, 1.165) is 0 Å². The van der Waals surface area contributed by atoms with Crippen LogP contribution in [0.25, 0.3) is 0 Å². The van der Waals surface area contributed by atoms with Crippen LogP contribution >= 0.6 is 0 Å². The molecule has 1 aliphatic heterocycles. The second-order valence-corrected chi connectivity index (χ2v) is 4.40. The Labute approximate surface area is 109 Å². The molecule has 2 aromatic heterocycles. The average Bonchev–Trinajstić information content (AvgIpc) is 2.80. The van der Waals surface area contributed by atoms with Gasteiger partial charge in [-0.1, -0.05) is 11.3 Å². The second-order valence-electron chi connectivity index (χ2n) is 4.40. The third-order valence-corrected chi connectivity index (χ3v) is 2.88. The van der Waals surface area contributed by atoms with Gasteiger partial charge in [0.1, 0.15) is 6.10 Å². The number of ether oxygens (including phenoxy) is 1. The summed E-state index contributed by atoms with van der Waals surface area (Å²) < 4.78 is 7.13. The first-order valence-electron chi connectivity index (χ1n) is 5.95. The topological polar surface area (TPSA) is 73.1 Å². The molecule has 19 heavy (non-hydrogen) atoms. The third kappa shape index (κ3) is 2.40. The van der Waals surface area contributed by atoms with Gasteiger partial charge in [0.15, 0.2) is 5.69 Å². The van der Waals surface area contributed by atoms with Crippen molar-refractivity contribution in [3.8, 4) is 5.88 Å². The third-order valence-electron chi connectivity index (χ3n) is 2.88. The van der Waals surface area contributed by atoms with Crippen molar-refractivity contribution in [2.75, 3.05) is 13.1 Å². The first-order chi connectivity index (χ1) is 9.22. The number of carbonyl (C=O) groups excluding carboxylic acids is 1. The number of likely N-dealkylation sites (tertiary alicyclic amines) is 1. The molecule has 0 saturated carbocycles. The van der Waals surface area contributed by atoms with Crippen molar-refractivity contribution in [1.82, 2.24) is 24.9 Å². The SMILES string of the molecule is Cn1cc(C(=O)N2CC(Oc3ccccn3)C2)nn1. The van der Waals surface area contributed by atoms with Crippen LogP contribution in [0.4, 0.5) is 0 Å². The second kappa shape index (κ2) is 4.68. The molecule has 7 heteroatoms. The van der Waals surface area contributed by atoms with E-state index in [1.54, 1.807) is 30.4 Å². The zero-order valence-corrected chi connectivity index (χ0v) is 10.4. The fourth-order valence-electron chi connectivity index (χ4n) is 1.87. The van der Waals surface area contributed by atoms with Crippen molar-refractivity contribution in [3.63, 3.8) is 0 Å². The number of nitrogens with zero attached hydrogens (tertiary/aromatic N) is 5. The number of carbonyl (C=O) groups is 1. The first-order valence-corrected chi connectivity index (χ1v) is 5.95. The van der Waals surface area contributed by atoms with Gasteiger partial charge in [-0.05, 0) is 6.07 Å². The fourth-order valence-corrected chi connectivity index (χ4v) is 1.87. The van der Waals surface area contributed by atoms with E-state index in [9.17, 15) is 4.79 Å². The van der Waals surface area contributed by atoms with Gasteiger partial charge in [-0.15, -0.1) is 5.10 Å². The maximum Gasteiger partial charge on any atom is 0.276 e. The normalized spacial score (nSPS) is 15.1. The van der Waals surface area contributed by atoms with Crippen LogP contribution in [0.2, 0.25) is 0 Å². The highest BCUT2D eigenvalue weighted by atomic mass is 16.5. The van der Waals surface area contributed by atoms with Crippen molar-refractivity contribution in [1.29, 1.82) is 0 Å². The molecule has 1 amide bonds. The van der Waals surface area contributed by atoms with E-state index in [1.165, 1.54) is 4.68 Å². The van der Waals surface area contributed by atoms with Gasteiger partial charge in [-0.3, -0.25) is 9.48 Å². The van der Waals surface area contributed by atoms with E-state index in [-0.39, 0.29) is 12.0 Å². The average molecular weight is 259 g/mol. The molecule has 0 bridgehead atoms. The van der Waals surface area contributed by atoms with E-state index in [4.69, 9.17) is 4.74 Å². The standard InChI is InChI=1S/C12H13N5O2/c1-16-8-10(14-15-16)12(18)17-6-9(7-17)19-11-4-2-3-5-13-11/h2-5,8-9H,6-7H2,1H3. The molecule has 0 N–H and O–H groups in total. The molecule has 2 aromatic rings. The lowest BCUT2D eigenvalue weighted by molar-refractivity contribution is 0.0155. The fraction of sp³-hybridized carbons (Fsp3) is 0.333. The summed E-state index contributed by atoms with van der Waals surface area (Å²) in [6.07, 6.45) is 3.28. The molecule has 7 nitrogen and oxygen atoms in total. The Hall–Kier alpha value is -2.44. The molecular formula is C12H13N5O2. The van der Waals surface area contributed by atoms with Crippen molar-refractivity contribution >= 4 is 5.91 Å². The zero-order chi connectivity index (χ0) is 13.2. The van der Waals surface area contributed by atoms with Crippen LogP contribution in [0.15, 0.2) is 30.6 Å². The Morgan fingerprint density at radius 2 is 2.26 bits per heavy atom. The van der Waals surface area contributed by atoms with Crippen LogP contribution < -0.4 is 4.74 Å². The summed E-state index contributed by atoms with van der Waals surface area (Å²) >= 11 is 0. The predicted octanol–water partition coefficient (Wildman–Crippen LogP) is 0.113. The molecule has 1 aliphatic rings. The minimum Gasteiger partial charge on any atom is -0.471 e. The number of hydrogen-bond acceptors (Lipinski definition) is 5. The van der Waals surface area contributed by atoms with Crippen LogP contribution in [-0.2, 0) is 7.05 Å². The van der Waals surface area contributed by atoms with Gasteiger partial charge >= 0.3 is 0 Å². The highest BCUT2D eigenvalue weighted by Crippen LogP contribution is 2.17. The molecule has 0 unspecified atom stereocenters. The Bertz CT molecular complexity index is 577. The molecule has 0 radical (unpaired) electrons. The maximum absolute atomic E-state index is 12.0. The Balaban J connectivity index is 1.54. The highest BCUT2D eigenvalue weighted by molar-refractivity contribution is 5.92. The number of pyridine rings is 1. The molecule has 1 fully saturated rings. The summed E-state index contributed by atoms with van der Waals surface area (Å²) in [6, 6.07) is 5.49. The summed E-state index contributed by atoms with van der Waals surface area (Å²) in [7, 11) is 1.73. The lowest BCUT2D eigenvalue weighted by Gasteiger charge is -2.38. The van der Waals surface area contributed by atoms with E-state index >= 15 is 0 Å². The minimum atomic E-state index is -0.117. The van der Waals surface area contributed by atoms with Crippen LogP contribution in [-0.4, -0.2) is 50.0 Å². The van der Waals surface area contributed by atoms with Gasteiger partial charge in [0.2, 0.25) is 5.88 Å². The largest absolute Gasteiger partial charge is 0.471 e. The van der Waals surface area contributed by atoms with Crippen LogP contribution in [0.1, 0.15) is 10.5 Å². The maximum atomic E-state index is 12.0. The number of rotatable bonds is 3. The summed E-state index contributed by atoms with van der Waals surface area (Å²) in [6.45, 7) is 1.10. The summed E-state index contributed by atoms with van der Waals surface area (Å²) in [5, 5.41) is 7.54. The Morgan fingerprint density at radius 1 is 1.42 bits per heavy atom. The predicted molar refractivity (Wildman–Crippen MR) is 65.6 cm³/mol. The first kappa shape index (κ1) is 11.6. The molecule has 0 aromatic carbocycles. The van der Waals surface area contributed by atoms with Gasteiger partial charge in [0, 0.05) is 19.3 Å². The Kier molecular flexibility index (Phi) is 2.86. The molecule has 3 rings (SSSR count). The quantitative estimate of drug-likeness (QED) is 0.782. The monoisotopic (exact) mass is 259 g/mol. The van der Waals surface area contributed by atoms with E-state index in [0.29, 0.717) is 24.7 Å². The lowest BCUT2D eigenvalue weighted by atomic mass is 10.1. The van der Waals surface area contributed by atoms with Gasteiger partial charge in [0.25, 0.3) is 5.91 Å². The number of amides is 1. The van der Waals surface area contributed by atoms with Crippen LogP contribution in [0, 0.1) is 0 Å². The van der Waals surface area contributed by atoms with Crippen molar-refractivity contribution in [2.24, 2.45) is 7.05 Å².